The second-order valence-corrected chi connectivity index (χ2v) is 4.93. The van der Waals surface area contributed by atoms with Gasteiger partial charge in [-0.2, -0.15) is 0 Å². The highest BCUT2D eigenvalue weighted by atomic mass is 16.1. The van der Waals surface area contributed by atoms with Gasteiger partial charge in [0.2, 0.25) is 0 Å². The predicted molar refractivity (Wildman–Crippen MR) is 84.8 cm³/mol. The number of benzene rings is 2. The van der Waals surface area contributed by atoms with Gasteiger partial charge >= 0.3 is 0 Å². The third kappa shape index (κ3) is 1.82. The van der Waals surface area contributed by atoms with E-state index in [4.69, 9.17) is 0 Å². The van der Waals surface area contributed by atoms with E-state index in [1.165, 1.54) is 0 Å². The Bertz CT molecular complexity index is 1010. The molecule has 0 aliphatic carbocycles. The van der Waals surface area contributed by atoms with Crippen molar-refractivity contribution in [3.63, 3.8) is 0 Å². The summed E-state index contributed by atoms with van der Waals surface area (Å²) in [5.41, 5.74) is -0.0445. The van der Waals surface area contributed by atoms with Crippen molar-refractivity contribution in [2.24, 2.45) is 0 Å². The summed E-state index contributed by atoms with van der Waals surface area (Å²) in [4.78, 5) is 17.1. The minimum Gasteiger partial charge on any atom is -0.268 e. The molecular weight excluding hydrogens is 260 g/mol. The maximum atomic E-state index is 12.7. The van der Waals surface area contributed by atoms with Crippen LogP contribution < -0.4 is 5.56 Å². The summed E-state index contributed by atoms with van der Waals surface area (Å²) in [6, 6.07) is 19.4. The largest absolute Gasteiger partial charge is 0.268 e. The standard InChI is InChI=1S/C18H12N2O/c21-18-16-8-4-2-6-14(16)10-12-20(18)17-15-7-3-1-5-13(15)9-11-19-17/h1-12H. The number of hydrogen-bond acceptors (Lipinski definition) is 2. The van der Waals surface area contributed by atoms with Gasteiger partial charge in [0, 0.05) is 23.2 Å². The summed E-state index contributed by atoms with van der Waals surface area (Å²) in [6.45, 7) is 0. The molecule has 0 aliphatic rings. The molecule has 0 N–H and O–H groups in total. The topological polar surface area (TPSA) is 34.9 Å². The minimum atomic E-state index is -0.0445. The zero-order valence-corrected chi connectivity index (χ0v) is 11.2. The molecule has 0 spiro atoms. The van der Waals surface area contributed by atoms with Crippen molar-refractivity contribution < 1.29 is 0 Å². The van der Waals surface area contributed by atoms with Crippen molar-refractivity contribution in [1.29, 1.82) is 0 Å². The Morgan fingerprint density at radius 1 is 0.762 bits per heavy atom. The number of rotatable bonds is 1. The second-order valence-electron chi connectivity index (χ2n) is 4.93. The molecule has 4 aromatic rings. The molecule has 0 saturated carbocycles. The van der Waals surface area contributed by atoms with Crippen LogP contribution in [0.15, 0.2) is 77.9 Å². The molecule has 0 atom stereocenters. The molecule has 2 heterocycles. The van der Waals surface area contributed by atoms with E-state index in [1.54, 1.807) is 17.0 Å². The molecule has 0 bridgehead atoms. The Hall–Kier alpha value is -2.94. The number of nitrogens with zero attached hydrogens (tertiary/aromatic N) is 2. The van der Waals surface area contributed by atoms with Gasteiger partial charge in [0.15, 0.2) is 0 Å². The Labute approximate surface area is 121 Å². The lowest BCUT2D eigenvalue weighted by molar-refractivity contribution is 0.968. The fraction of sp³-hybridized carbons (Fsp3) is 0. The van der Waals surface area contributed by atoms with E-state index in [0.29, 0.717) is 11.2 Å². The smallest absolute Gasteiger partial charge is 0.264 e. The Kier molecular flexibility index (Phi) is 2.57. The molecule has 4 rings (SSSR count). The molecule has 21 heavy (non-hydrogen) atoms. The van der Waals surface area contributed by atoms with Gasteiger partial charge in [-0.25, -0.2) is 4.98 Å². The van der Waals surface area contributed by atoms with E-state index in [2.05, 4.69) is 4.98 Å². The Morgan fingerprint density at radius 3 is 2.24 bits per heavy atom. The van der Waals surface area contributed by atoms with Crippen LogP contribution in [0.4, 0.5) is 0 Å². The van der Waals surface area contributed by atoms with Crippen molar-refractivity contribution in [2.75, 3.05) is 0 Å². The summed E-state index contributed by atoms with van der Waals surface area (Å²) in [5.74, 6) is 0.670. The summed E-state index contributed by atoms with van der Waals surface area (Å²) in [6.07, 6.45) is 3.53. The molecule has 0 fully saturated rings. The molecule has 0 amide bonds. The van der Waals surface area contributed by atoms with E-state index in [9.17, 15) is 4.79 Å². The van der Waals surface area contributed by atoms with Crippen LogP contribution in [0.2, 0.25) is 0 Å². The molecule has 0 aliphatic heterocycles. The second kappa shape index (κ2) is 4.56. The van der Waals surface area contributed by atoms with Crippen molar-refractivity contribution in [1.82, 2.24) is 9.55 Å². The van der Waals surface area contributed by atoms with Crippen molar-refractivity contribution >= 4 is 21.5 Å². The van der Waals surface area contributed by atoms with Gasteiger partial charge in [-0.1, -0.05) is 42.5 Å². The number of pyridine rings is 2. The van der Waals surface area contributed by atoms with Crippen LogP contribution in [0, 0.1) is 0 Å². The summed E-state index contributed by atoms with van der Waals surface area (Å²) >= 11 is 0. The molecule has 100 valence electrons. The fourth-order valence-electron chi connectivity index (χ4n) is 2.65. The first kappa shape index (κ1) is 11.9. The maximum Gasteiger partial charge on any atom is 0.264 e. The number of hydrogen-bond donors (Lipinski definition) is 0. The van der Waals surface area contributed by atoms with Crippen LogP contribution in [0.25, 0.3) is 27.4 Å². The first-order chi connectivity index (χ1) is 10.3. The molecule has 0 unspecified atom stereocenters. The molecular formula is C18H12N2O. The van der Waals surface area contributed by atoms with Gasteiger partial charge in [-0.3, -0.25) is 9.36 Å². The first-order valence-corrected chi connectivity index (χ1v) is 6.79. The fourth-order valence-corrected chi connectivity index (χ4v) is 2.65. The van der Waals surface area contributed by atoms with Gasteiger partial charge in [0.05, 0.1) is 0 Å². The summed E-state index contributed by atoms with van der Waals surface area (Å²) < 4.78 is 1.62. The highest BCUT2D eigenvalue weighted by Crippen LogP contribution is 2.19. The maximum absolute atomic E-state index is 12.7. The van der Waals surface area contributed by atoms with E-state index >= 15 is 0 Å². The van der Waals surface area contributed by atoms with E-state index in [0.717, 1.165) is 16.2 Å². The quantitative estimate of drug-likeness (QED) is 0.531. The molecule has 3 heteroatoms. The monoisotopic (exact) mass is 272 g/mol. The van der Waals surface area contributed by atoms with Crippen molar-refractivity contribution in [2.45, 2.75) is 0 Å². The lowest BCUT2D eigenvalue weighted by Crippen LogP contribution is -2.18. The first-order valence-electron chi connectivity index (χ1n) is 6.79. The van der Waals surface area contributed by atoms with Gasteiger partial charge < -0.3 is 0 Å². The van der Waals surface area contributed by atoms with Crippen molar-refractivity contribution in [3.05, 3.63) is 83.4 Å². The third-order valence-corrected chi connectivity index (χ3v) is 3.69. The van der Waals surface area contributed by atoms with E-state index in [1.807, 2.05) is 60.7 Å². The van der Waals surface area contributed by atoms with Gasteiger partial charge in [0.1, 0.15) is 5.82 Å². The van der Waals surface area contributed by atoms with E-state index in [-0.39, 0.29) is 5.56 Å². The van der Waals surface area contributed by atoms with E-state index < -0.39 is 0 Å². The van der Waals surface area contributed by atoms with Crippen LogP contribution in [0.1, 0.15) is 0 Å². The minimum absolute atomic E-state index is 0.0445. The van der Waals surface area contributed by atoms with Crippen LogP contribution in [-0.4, -0.2) is 9.55 Å². The molecule has 2 aromatic carbocycles. The normalized spacial score (nSPS) is 11.0. The third-order valence-electron chi connectivity index (χ3n) is 3.69. The van der Waals surface area contributed by atoms with Crippen LogP contribution in [0.3, 0.4) is 0 Å². The molecule has 0 saturated heterocycles. The molecule has 2 aromatic heterocycles. The summed E-state index contributed by atoms with van der Waals surface area (Å²) in [5, 5.41) is 3.69. The SMILES string of the molecule is O=c1c2ccccc2ccn1-c1nccc2ccccc12. The number of aromatic nitrogens is 2. The lowest BCUT2D eigenvalue weighted by Gasteiger charge is -2.09. The Balaban J connectivity index is 2.10. The van der Waals surface area contributed by atoms with Crippen LogP contribution in [0.5, 0.6) is 0 Å². The molecule has 0 radical (unpaired) electrons. The highest BCUT2D eigenvalue weighted by molar-refractivity contribution is 5.89. The predicted octanol–water partition coefficient (Wildman–Crippen LogP) is 3.54. The van der Waals surface area contributed by atoms with Gasteiger partial charge in [-0.05, 0) is 29.0 Å². The van der Waals surface area contributed by atoms with Gasteiger partial charge in [0.25, 0.3) is 5.56 Å². The average Bonchev–Trinajstić information content (AvgIpc) is 2.55. The van der Waals surface area contributed by atoms with Crippen LogP contribution >= 0.6 is 0 Å². The average molecular weight is 272 g/mol. The lowest BCUT2D eigenvalue weighted by atomic mass is 10.1. The molecule has 3 nitrogen and oxygen atoms in total. The zero-order chi connectivity index (χ0) is 14.2. The highest BCUT2D eigenvalue weighted by Gasteiger charge is 2.08. The van der Waals surface area contributed by atoms with Gasteiger partial charge in [-0.15, -0.1) is 0 Å². The zero-order valence-electron chi connectivity index (χ0n) is 11.2. The summed E-state index contributed by atoms with van der Waals surface area (Å²) in [7, 11) is 0. The van der Waals surface area contributed by atoms with Crippen molar-refractivity contribution in [3.8, 4) is 5.82 Å². The van der Waals surface area contributed by atoms with Crippen LogP contribution in [-0.2, 0) is 0 Å². The Morgan fingerprint density at radius 2 is 1.43 bits per heavy atom. The number of fused-ring (bicyclic) bond motifs is 2.